The van der Waals surface area contributed by atoms with Crippen LogP contribution >= 0.6 is 0 Å². The second kappa shape index (κ2) is 12.3. The fourth-order valence-corrected chi connectivity index (χ4v) is 4.05. The van der Waals surface area contributed by atoms with Crippen molar-refractivity contribution in [1.29, 1.82) is 0 Å². The molecule has 0 radical (unpaired) electrons. The number of imide groups is 1. The average Bonchev–Trinajstić information content (AvgIpc) is 2.93. The van der Waals surface area contributed by atoms with Crippen molar-refractivity contribution in [2.75, 3.05) is 0 Å². The van der Waals surface area contributed by atoms with Gasteiger partial charge in [-0.15, -0.1) is 0 Å². The van der Waals surface area contributed by atoms with Crippen LogP contribution in [-0.4, -0.2) is 32.8 Å². The van der Waals surface area contributed by atoms with Gasteiger partial charge < -0.3 is 10.0 Å². The number of benzene rings is 4. The van der Waals surface area contributed by atoms with E-state index in [0.29, 0.717) is 24.2 Å². The van der Waals surface area contributed by atoms with Crippen LogP contribution in [0.15, 0.2) is 115 Å². The Balaban J connectivity index is 1.66. The van der Waals surface area contributed by atoms with Crippen molar-refractivity contribution in [3.05, 3.63) is 143 Å². The van der Waals surface area contributed by atoms with Crippen molar-refractivity contribution in [3.8, 4) is 0 Å². The normalized spacial score (nSPS) is 10.5. The van der Waals surface area contributed by atoms with E-state index in [1.54, 1.807) is 53.4 Å². The summed E-state index contributed by atoms with van der Waals surface area (Å²) < 4.78 is 0. The molecular weight excluding hydrogens is 464 g/mol. The lowest BCUT2D eigenvalue weighted by Gasteiger charge is -2.30. The van der Waals surface area contributed by atoms with E-state index in [-0.39, 0.29) is 13.0 Å². The molecule has 0 spiro atoms. The molecule has 0 aromatic heterocycles. The van der Waals surface area contributed by atoms with Crippen LogP contribution in [-0.2, 0) is 30.8 Å². The van der Waals surface area contributed by atoms with E-state index in [1.165, 1.54) is 4.90 Å². The Morgan fingerprint density at radius 3 is 1.46 bits per heavy atom. The van der Waals surface area contributed by atoms with Crippen LogP contribution in [0.4, 0.5) is 4.79 Å². The average molecular weight is 493 g/mol. The number of hydrogen-bond acceptors (Lipinski definition) is 3. The Hall–Kier alpha value is -4.71. The third-order valence-corrected chi connectivity index (χ3v) is 5.92. The first kappa shape index (κ1) is 25.4. The first-order chi connectivity index (χ1) is 18.0. The van der Waals surface area contributed by atoms with E-state index in [2.05, 4.69) is 0 Å². The van der Waals surface area contributed by atoms with Crippen molar-refractivity contribution in [3.63, 3.8) is 0 Å². The number of amides is 3. The highest BCUT2D eigenvalue weighted by Crippen LogP contribution is 2.18. The van der Waals surface area contributed by atoms with Crippen LogP contribution in [0.1, 0.15) is 32.6 Å². The highest BCUT2D eigenvalue weighted by atomic mass is 16.4. The van der Waals surface area contributed by atoms with Gasteiger partial charge in [-0.2, -0.15) is 0 Å². The van der Waals surface area contributed by atoms with Crippen molar-refractivity contribution in [2.24, 2.45) is 0 Å². The monoisotopic (exact) mass is 492 g/mol. The summed E-state index contributed by atoms with van der Waals surface area (Å²) in [6.07, 6.45) is -0.0895. The smallest absolute Gasteiger partial charge is 0.327 e. The first-order valence-corrected chi connectivity index (χ1v) is 12.0. The molecule has 0 unspecified atom stereocenters. The predicted molar refractivity (Wildman–Crippen MR) is 142 cm³/mol. The topological polar surface area (TPSA) is 77.9 Å². The van der Waals surface area contributed by atoms with E-state index in [0.717, 1.165) is 16.7 Å². The standard InChI is InChI=1S/C31H28N2O4/c34-29(35)20-24-16-18-27(19-17-24)23-33(30(36)28-14-8-3-9-15-28)31(37)32(21-25-10-4-1-5-11-25)22-26-12-6-2-7-13-26/h1-19H,20-23H2,(H,34,35). The number of carbonyl (C=O) groups excluding carboxylic acids is 2. The number of carboxylic acid groups (broad SMARTS) is 1. The molecule has 37 heavy (non-hydrogen) atoms. The van der Waals surface area contributed by atoms with Crippen LogP contribution in [0.25, 0.3) is 0 Å². The van der Waals surface area contributed by atoms with Gasteiger partial charge in [-0.1, -0.05) is 103 Å². The summed E-state index contributed by atoms with van der Waals surface area (Å²) in [4.78, 5) is 41.6. The van der Waals surface area contributed by atoms with Gasteiger partial charge in [0.15, 0.2) is 0 Å². The Bertz CT molecular complexity index is 1280. The zero-order valence-corrected chi connectivity index (χ0v) is 20.4. The lowest BCUT2D eigenvalue weighted by molar-refractivity contribution is -0.136. The van der Waals surface area contributed by atoms with Crippen molar-refractivity contribution >= 4 is 17.9 Å². The lowest BCUT2D eigenvalue weighted by atomic mass is 10.1. The van der Waals surface area contributed by atoms with Crippen molar-refractivity contribution in [2.45, 2.75) is 26.1 Å². The van der Waals surface area contributed by atoms with Gasteiger partial charge in [0, 0.05) is 18.7 Å². The Kier molecular flexibility index (Phi) is 8.45. The summed E-state index contributed by atoms with van der Waals surface area (Å²) in [6.45, 7) is 0.732. The fourth-order valence-electron chi connectivity index (χ4n) is 4.05. The van der Waals surface area contributed by atoms with Gasteiger partial charge in [0.2, 0.25) is 0 Å². The summed E-state index contributed by atoms with van der Waals surface area (Å²) in [6, 6.07) is 34.6. The molecule has 0 heterocycles. The summed E-state index contributed by atoms with van der Waals surface area (Å²) in [5.74, 6) is -1.31. The Morgan fingerprint density at radius 1 is 0.541 bits per heavy atom. The van der Waals surface area contributed by atoms with Crippen LogP contribution in [0.2, 0.25) is 0 Å². The molecule has 186 valence electrons. The summed E-state index contributed by atoms with van der Waals surface area (Å²) in [5.41, 5.74) is 3.70. The number of nitrogens with zero attached hydrogens (tertiary/aromatic N) is 2. The first-order valence-electron chi connectivity index (χ1n) is 12.0. The second-order valence-corrected chi connectivity index (χ2v) is 8.75. The third-order valence-electron chi connectivity index (χ3n) is 5.92. The summed E-state index contributed by atoms with van der Waals surface area (Å²) in [5, 5.41) is 9.05. The van der Waals surface area contributed by atoms with Gasteiger partial charge in [-0.25, -0.2) is 4.79 Å². The van der Waals surface area contributed by atoms with E-state index in [1.807, 2.05) is 66.7 Å². The van der Waals surface area contributed by atoms with Gasteiger partial charge in [-0.05, 0) is 34.4 Å². The van der Waals surface area contributed by atoms with Gasteiger partial charge >= 0.3 is 12.0 Å². The molecule has 0 saturated carbocycles. The zero-order valence-electron chi connectivity index (χ0n) is 20.4. The molecule has 0 atom stereocenters. The van der Waals surface area contributed by atoms with Gasteiger partial charge in [0.25, 0.3) is 5.91 Å². The number of carbonyl (C=O) groups is 3. The molecule has 4 aromatic rings. The van der Waals surface area contributed by atoms with Gasteiger partial charge in [-0.3, -0.25) is 14.5 Å². The van der Waals surface area contributed by atoms with E-state index in [9.17, 15) is 14.4 Å². The minimum Gasteiger partial charge on any atom is -0.481 e. The molecule has 0 aliphatic carbocycles. The van der Waals surface area contributed by atoms with Gasteiger partial charge in [0.05, 0.1) is 13.0 Å². The largest absolute Gasteiger partial charge is 0.481 e. The highest BCUT2D eigenvalue weighted by molar-refractivity contribution is 6.04. The molecule has 3 amide bonds. The number of rotatable bonds is 9. The Morgan fingerprint density at radius 2 is 0.973 bits per heavy atom. The molecule has 0 aliphatic rings. The summed E-state index contributed by atoms with van der Waals surface area (Å²) >= 11 is 0. The third kappa shape index (κ3) is 7.15. The Labute approximate surface area is 216 Å². The van der Waals surface area contributed by atoms with Crippen molar-refractivity contribution < 1.29 is 19.5 Å². The second-order valence-electron chi connectivity index (χ2n) is 8.75. The molecule has 4 rings (SSSR count). The molecular formula is C31H28N2O4. The van der Waals surface area contributed by atoms with Crippen LogP contribution in [0.5, 0.6) is 0 Å². The molecule has 0 fully saturated rings. The minimum absolute atomic E-state index is 0.0555. The summed E-state index contributed by atoms with van der Waals surface area (Å²) in [7, 11) is 0. The molecule has 4 aromatic carbocycles. The van der Waals surface area contributed by atoms with Crippen LogP contribution < -0.4 is 0 Å². The maximum Gasteiger partial charge on any atom is 0.327 e. The molecule has 1 N–H and O–H groups in total. The molecule has 0 saturated heterocycles. The van der Waals surface area contributed by atoms with Crippen LogP contribution in [0.3, 0.4) is 0 Å². The van der Waals surface area contributed by atoms with E-state index < -0.39 is 17.9 Å². The van der Waals surface area contributed by atoms with E-state index >= 15 is 0 Å². The van der Waals surface area contributed by atoms with Gasteiger partial charge in [0.1, 0.15) is 0 Å². The number of hydrogen-bond donors (Lipinski definition) is 1. The minimum atomic E-state index is -0.915. The number of carboxylic acids is 1. The number of urea groups is 1. The SMILES string of the molecule is O=C(O)Cc1ccc(CN(C(=O)c2ccccc2)C(=O)N(Cc2ccccc2)Cc2ccccc2)cc1. The predicted octanol–water partition coefficient (Wildman–Crippen LogP) is 5.78. The highest BCUT2D eigenvalue weighted by Gasteiger charge is 2.28. The number of aliphatic carboxylic acids is 1. The maximum absolute atomic E-state index is 14.0. The van der Waals surface area contributed by atoms with E-state index in [4.69, 9.17) is 5.11 Å². The lowest BCUT2D eigenvalue weighted by Crippen LogP contribution is -2.45. The molecule has 6 heteroatoms. The fraction of sp³-hybridized carbons (Fsp3) is 0.129. The molecule has 0 aliphatic heterocycles. The molecule has 6 nitrogen and oxygen atoms in total. The zero-order chi connectivity index (χ0) is 26.0. The maximum atomic E-state index is 14.0. The van der Waals surface area contributed by atoms with Crippen molar-refractivity contribution in [1.82, 2.24) is 9.80 Å². The van der Waals surface area contributed by atoms with Crippen LogP contribution in [0, 0.1) is 0 Å². The quantitative estimate of drug-likeness (QED) is 0.321. The molecule has 0 bridgehead atoms.